The molecule has 0 spiro atoms. The molecule has 1 atom stereocenters. The molecular formula is C25H23O2P. The van der Waals surface area contributed by atoms with Crippen LogP contribution in [0.15, 0.2) is 102 Å². The largest absolute Gasteiger partial charge is 0.466 e. The number of carbonyl (C=O) groups is 1. The van der Waals surface area contributed by atoms with E-state index in [1.54, 1.807) is 6.08 Å². The average Bonchev–Trinajstić information content (AvgIpc) is 3.15. The highest BCUT2D eigenvalue weighted by Crippen LogP contribution is 2.64. The van der Waals surface area contributed by atoms with E-state index < -0.39 is 7.92 Å². The summed E-state index contributed by atoms with van der Waals surface area (Å²) in [6, 6.07) is 31.7. The van der Waals surface area contributed by atoms with Crippen molar-refractivity contribution in [1.82, 2.24) is 0 Å². The van der Waals surface area contributed by atoms with Crippen LogP contribution in [0.25, 0.3) is 0 Å². The summed E-state index contributed by atoms with van der Waals surface area (Å²) in [5.74, 6) is -0.281. The standard InChI is InChI=1S/C25H23O2P/c1-27-24(26)19-23-25(20-11-5-2-6-12-20,21-13-7-3-8-14-21)17-18-28(23)22-15-9-4-10-16-22/h2-16,19H,17-18H2,1H3/b23-19-. The molecule has 3 heteroatoms. The summed E-state index contributed by atoms with van der Waals surface area (Å²) in [4.78, 5) is 12.4. The van der Waals surface area contributed by atoms with Gasteiger partial charge in [-0.25, -0.2) is 4.79 Å². The van der Waals surface area contributed by atoms with Crippen LogP contribution in [0.3, 0.4) is 0 Å². The van der Waals surface area contributed by atoms with E-state index in [4.69, 9.17) is 4.74 Å². The summed E-state index contributed by atoms with van der Waals surface area (Å²) in [6.45, 7) is 0. The molecule has 4 rings (SSSR count). The van der Waals surface area contributed by atoms with Crippen molar-refractivity contribution in [3.05, 3.63) is 114 Å². The van der Waals surface area contributed by atoms with E-state index in [1.165, 1.54) is 28.9 Å². The Kier molecular flexibility index (Phi) is 5.41. The van der Waals surface area contributed by atoms with E-state index in [-0.39, 0.29) is 11.4 Å². The summed E-state index contributed by atoms with van der Waals surface area (Å²) in [7, 11) is 0.834. The van der Waals surface area contributed by atoms with Crippen LogP contribution in [0.5, 0.6) is 0 Å². The zero-order chi connectivity index (χ0) is 19.4. The molecule has 0 aliphatic carbocycles. The maximum absolute atomic E-state index is 12.4. The lowest BCUT2D eigenvalue weighted by Crippen LogP contribution is -2.27. The molecule has 3 aromatic rings. The number of benzene rings is 3. The van der Waals surface area contributed by atoms with Crippen LogP contribution in [0, 0.1) is 0 Å². The predicted octanol–water partition coefficient (Wildman–Crippen LogP) is 5.24. The van der Waals surface area contributed by atoms with Gasteiger partial charge in [0, 0.05) is 11.5 Å². The second-order valence-corrected chi connectivity index (χ2v) is 9.23. The Labute approximate surface area is 167 Å². The van der Waals surface area contributed by atoms with Gasteiger partial charge in [0.1, 0.15) is 0 Å². The lowest BCUT2D eigenvalue weighted by atomic mass is 9.72. The summed E-state index contributed by atoms with van der Waals surface area (Å²) >= 11 is 0. The first-order valence-electron chi connectivity index (χ1n) is 9.49. The van der Waals surface area contributed by atoms with E-state index in [9.17, 15) is 4.79 Å². The number of hydrogen-bond donors (Lipinski definition) is 0. The van der Waals surface area contributed by atoms with Crippen molar-refractivity contribution in [3.8, 4) is 0 Å². The summed E-state index contributed by atoms with van der Waals surface area (Å²) in [5, 5.41) is 2.49. The topological polar surface area (TPSA) is 26.3 Å². The molecule has 1 aliphatic rings. The fourth-order valence-electron chi connectivity index (χ4n) is 4.20. The molecule has 3 aromatic carbocycles. The van der Waals surface area contributed by atoms with Gasteiger partial charge in [-0.3, -0.25) is 0 Å². The first-order valence-corrected chi connectivity index (χ1v) is 11.0. The van der Waals surface area contributed by atoms with Gasteiger partial charge in [0.15, 0.2) is 0 Å². The molecule has 0 amide bonds. The molecular weight excluding hydrogens is 363 g/mol. The van der Waals surface area contributed by atoms with Crippen LogP contribution in [-0.2, 0) is 14.9 Å². The summed E-state index contributed by atoms with van der Waals surface area (Å²) < 4.78 is 5.06. The van der Waals surface area contributed by atoms with Gasteiger partial charge in [0.2, 0.25) is 0 Å². The zero-order valence-corrected chi connectivity index (χ0v) is 16.8. The monoisotopic (exact) mass is 386 g/mol. The lowest BCUT2D eigenvalue weighted by Gasteiger charge is -2.33. The van der Waals surface area contributed by atoms with E-state index in [0.717, 1.165) is 12.6 Å². The van der Waals surface area contributed by atoms with Crippen LogP contribution in [-0.4, -0.2) is 19.2 Å². The van der Waals surface area contributed by atoms with Gasteiger partial charge in [0.05, 0.1) is 7.11 Å². The first kappa shape index (κ1) is 18.7. The molecule has 1 heterocycles. The van der Waals surface area contributed by atoms with Crippen molar-refractivity contribution < 1.29 is 9.53 Å². The maximum Gasteiger partial charge on any atom is 0.330 e. The van der Waals surface area contributed by atoms with E-state index in [0.29, 0.717) is 0 Å². The smallest absolute Gasteiger partial charge is 0.330 e. The quantitative estimate of drug-likeness (QED) is 0.348. The lowest BCUT2D eigenvalue weighted by molar-refractivity contribution is -0.134. The molecule has 28 heavy (non-hydrogen) atoms. The Morgan fingerprint density at radius 1 is 0.857 bits per heavy atom. The minimum atomic E-state index is -0.617. The number of methoxy groups -OCH3 is 1. The summed E-state index contributed by atoms with van der Waals surface area (Å²) in [6.07, 6.45) is 3.78. The van der Waals surface area contributed by atoms with Crippen LogP contribution >= 0.6 is 7.92 Å². The second kappa shape index (κ2) is 8.12. The predicted molar refractivity (Wildman–Crippen MR) is 116 cm³/mol. The fourth-order valence-corrected chi connectivity index (χ4v) is 7.16. The molecule has 0 aromatic heterocycles. The van der Waals surface area contributed by atoms with Crippen LogP contribution in [0.1, 0.15) is 17.5 Å². The number of rotatable bonds is 4. The third-order valence-corrected chi connectivity index (χ3v) is 8.18. The zero-order valence-electron chi connectivity index (χ0n) is 15.9. The Bertz CT molecular complexity index is 926. The first-order chi connectivity index (χ1) is 13.8. The molecule has 1 saturated heterocycles. The normalized spacial score (nSPS) is 19.5. The minimum absolute atomic E-state index is 0.281. The number of esters is 1. The third-order valence-electron chi connectivity index (χ3n) is 5.50. The fraction of sp³-hybridized carbons (Fsp3) is 0.160. The Balaban J connectivity index is 1.96. The molecule has 1 aliphatic heterocycles. The van der Waals surface area contributed by atoms with E-state index in [1.807, 2.05) is 18.2 Å². The summed E-state index contributed by atoms with van der Waals surface area (Å²) in [5.41, 5.74) is 2.16. The maximum atomic E-state index is 12.4. The number of ether oxygens (including phenoxy) is 1. The number of carbonyl (C=O) groups excluding carboxylic acids is 1. The van der Waals surface area contributed by atoms with Crippen molar-refractivity contribution in [2.24, 2.45) is 0 Å². The highest BCUT2D eigenvalue weighted by atomic mass is 31.1. The Morgan fingerprint density at radius 3 is 1.86 bits per heavy atom. The van der Waals surface area contributed by atoms with Crippen molar-refractivity contribution in [2.45, 2.75) is 11.8 Å². The highest BCUT2D eigenvalue weighted by Gasteiger charge is 2.47. The number of hydrogen-bond acceptors (Lipinski definition) is 2. The molecule has 140 valence electrons. The van der Waals surface area contributed by atoms with Crippen molar-refractivity contribution >= 4 is 19.2 Å². The van der Waals surface area contributed by atoms with Gasteiger partial charge in [-0.2, -0.15) is 0 Å². The molecule has 0 radical (unpaired) electrons. The van der Waals surface area contributed by atoms with Crippen LogP contribution in [0.4, 0.5) is 0 Å². The Morgan fingerprint density at radius 2 is 1.36 bits per heavy atom. The molecule has 2 nitrogen and oxygen atoms in total. The van der Waals surface area contributed by atoms with Crippen molar-refractivity contribution in [2.75, 3.05) is 13.3 Å². The number of allylic oxidation sites excluding steroid dienone is 1. The van der Waals surface area contributed by atoms with Crippen LogP contribution in [0.2, 0.25) is 0 Å². The van der Waals surface area contributed by atoms with Gasteiger partial charge in [-0.05, 0) is 42.2 Å². The molecule has 1 unspecified atom stereocenters. The Hall–Kier alpha value is -2.70. The second-order valence-electron chi connectivity index (χ2n) is 6.93. The third kappa shape index (κ3) is 3.30. The highest BCUT2D eigenvalue weighted by molar-refractivity contribution is 7.70. The van der Waals surface area contributed by atoms with Gasteiger partial charge in [-0.1, -0.05) is 91.0 Å². The van der Waals surface area contributed by atoms with Crippen molar-refractivity contribution in [3.63, 3.8) is 0 Å². The van der Waals surface area contributed by atoms with Crippen molar-refractivity contribution in [1.29, 1.82) is 0 Å². The SMILES string of the molecule is COC(=O)/C=C1\P(c2ccccc2)CCC1(c1ccccc1)c1ccccc1. The van der Waals surface area contributed by atoms with E-state index >= 15 is 0 Å². The molecule has 0 saturated carbocycles. The van der Waals surface area contributed by atoms with Gasteiger partial charge in [0.25, 0.3) is 0 Å². The average molecular weight is 386 g/mol. The van der Waals surface area contributed by atoms with Gasteiger partial charge >= 0.3 is 5.97 Å². The molecule has 1 fully saturated rings. The van der Waals surface area contributed by atoms with E-state index in [2.05, 4.69) is 72.8 Å². The van der Waals surface area contributed by atoms with Gasteiger partial charge < -0.3 is 4.74 Å². The molecule has 0 N–H and O–H groups in total. The minimum Gasteiger partial charge on any atom is -0.466 e. The van der Waals surface area contributed by atoms with Crippen LogP contribution < -0.4 is 5.30 Å². The van der Waals surface area contributed by atoms with Gasteiger partial charge in [-0.15, -0.1) is 0 Å². The molecule has 0 bridgehead atoms.